The lowest BCUT2D eigenvalue weighted by atomic mass is 10.2. The van der Waals surface area contributed by atoms with Crippen molar-refractivity contribution < 1.29 is 17.4 Å². The molecule has 0 spiro atoms. The number of carbonyl (C=O) groups is 1. The quantitative estimate of drug-likeness (QED) is 0.210. The van der Waals surface area contributed by atoms with Crippen LogP contribution in [0, 0.1) is 0 Å². The molecule has 0 aromatic rings. The van der Waals surface area contributed by atoms with Gasteiger partial charge in [-0.1, -0.05) is 5.11 Å². The van der Waals surface area contributed by atoms with Gasteiger partial charge in [-0.2, -0.15) is 8.42 Å². The Morgan fingerprint density at radius 2 is 2.11 bits per heavy atom. The maximum atomic E-state index is 11.3. The van der Waals surface area contributed by atoms with Crippen LogP contribution < -0.4 is 5.32 Å². The van der Waals surface area contributed by atoms with Crippen LogP contribution in [0.25, 0.3) is 10.4 Å². The number of carbonyl (C=O) groups excluding carboxylic acids is 1. The van der Waals surface area contributed by atoms with E-state index in [-0.39, 0.29) is 12.5 Å². The zero-order valence-electron chi connectivity index (χ0n) is 10.3. The highest BCUT2D eigenvalue weighted by Gasteiger charge is 2.02. The molecule has 1 amide bonds. The molecular weight excluding hydrogens is 260 g/mol. The van der Waals surface area contributed by atoms with Gasteiger partial charge in [-0.25, -0.2) is 0 Å². The van der Waals surface area contributed by atoms with E-state index in [9.17, 15) is 13.2 Å². The molecule has 8 nitrogen and oxygen atoms in total. The van der Waals surface area contributed by atoms with Gasteiger partial charge in [-0.3, -0.25) is 8.98 Å². The maximum Gasteiger partial charge on any atom is 0.264 e. The molecule has 0 bridgehead atoms. The van der Waals surface area contributed by atoms with Crippen molar-refractivity contribution in [3.8, 4) is 0 Å². The SMILES string of the molecule is CS(=O)(=O)OCCCNC(=O)CCCCN=[N+]=[N-]. The fourth-order valence-corrected chi connectivity index (χ4v) is 1.53. The highest BCUT2D eigenvalue weighted by atomic mass is 32.2. The van der Waals surface area contributed by atoms with E-state index >= 15 is 0 Å². The van der Waals surface area contributed by atoms with E-state index in [2.05, 4.69) is 19.5 Å². The number of unbranched alkanes of at least 4 members (excludes halogenated alkanes) is 1. The summed E-state index contributed by atoms with van der Waals surface area (Å²) in [5, 5.41) is 6.00. The van der Waals surface area contributed by atoms with E-state index in [1.807, 2.05) is 0 Å². The van der Waals surface area contributed by atoms with Crippen molar-refractivity contribution in [2.24, 2.45) is 5.11 Å². The third-order valence-corrected chi connectivity index (χ3v) is 2.51. The summed E-state index contributed by atoms with van der Waals surface area (Å²) in [4.78, 5) is 13.9. The van der Waals surface area contributed by atoms with Crippen LogP contribution in [-0.2, 0) is 19.1 Å². The molecule has 0 aliphatic heterocycles. The summed E-state index contributed by atoms with van der Waals surface area (Å²) < 4.78 is 25.7. The summed E-state index contributed by atoms with van der Waals surface area (Å²) in [7, 11) is -3.40. The Hall–Kier alpha value is -1.31. The van der Waals surface area contributed by atoms with Gasteiger partial charge in [-0.15, -0.1) is 0 Å². The van der Waals surface area contributed by atoms with Gasteiger partial charge >= 0.3 is 0 Å². The Morgan fingerprint density at radius 1 is 1.39 bits per heavy atom. The molecule has 0 unspecified atom stereocenters. The van der Waals surface area contributed by atoms with Crippen molar-refractivity contribution in [1.82, 2.24) is 5.32 Å². The van der Waals surface area contributed by atoms with Crippen LogP contribution >= 0.6 is 0 Å². The molecule has 18 heavy (non-hydrogen) atoms. The zero-order chi connectivity index (χ0) is 13.9. The van der Waals surface area contributed by atoms with Gasteiger partial charge in [0.25, 0.3) is 10.1 Å². The van der Waals surface area contributed by atoms with Gasteiger partial charge in [0.1, 0.15) is 0 Å². The molecule has 0 aliphatic carbocycles. The second kappa shape index (κ2) is 9.69. The lowest BCUT2D eigenvalue weighted by molar-refractivity contribution is -0.121. The third kappa shape index (κ3) is 12.8. The fourth-order valence-electron chi connectivity index (χ4n) is 1.11. The van der Waals surface area contributed by atoms with E-state index < -0.39 is 10.1 Å². The van der Waals surface area contributed by atoms with Crippen LogP contribution in [0.3, 0.4) is 0 Å². The minimum Gasteiger partial charge on any atom is -0.356 e. The second-order valence-electron chi connectivity index (χ2n) is 3.64. The first-order valence-electron chi connectivity index (χ1n) is 5.57. The summed E-state index contributed by atoms with van der Waals surface area (Å²) in [5.74, 6) is -0.102. The largest absolute Gasteiger partial charge is 0.356 e. The molecule has 0 rings (SSSR count). The first-order valence-corrected chi connectivity index (χ1v) is 7.39. The third-order valence-electron chi connectivity index (χ3n) is 1.92. The number of rotatable bonds is 10. The summed E-state index contributed by atoms with van der Waals surface area (Å²) in [5.41, 5.74) is 8.02. The lowest BCUT2D eigenvalue weighted by Crippen LogP contribution is -2.25. The molecule has 0 radical (unpaired) electrons. The number of amides is 1. The van der Waals surface area contributed by atoms with Gasteiger partial charge in [-0.05, 0) is 24.8 Å². The summed E-state index contributed by atoms with van der Waals surface area (Å²) in [6.45, 7) is 0.840. The average molecular weight is 278 g/mol. The molecular formula is C9H18N4O4S. The molecule has 0 saturated carbocycles. The predicted molar refractivity (Wildman–Crippen MR) is 66.3 cm³/mol. The monoisotopic (exact) mass is 278 g/mol. The smallest absolute Gasteiger partial charge is 0.264 e. The maximum absolute atomic E-state index is 11.3. The predicted octanol–water partition coefficient (Wildman–Crippen LogP) is 0.949. The van der Waals surface area contributed by atoms with E-state index in [1.54, 1.807) is 0 Å². The van der Waals surface area contributed by atoms with Crippen LogP contribution in [0.5, 0.6) is 0 Å². The zero-order valence-corrected chi connectivity index (χ0v) is 11.1. The van der Waals surface area contributed by atoms with E-state index in [0.717, 1.165) is 6.26 Å². The molecule has 9 heteroatoms. The number of nitrogens with one attached hydrogen (secondary N) is 1. The minimum atomic E-state index is -3.40. The Morgan fingerprint density at radius 3 is 2.72 bits per heavy atom. The molecule has 1 N–H and O–H groups in total. The lowest BCUT2D eigenvalue weighted by Gasteiger charge is -2.04. The molecule has 0 aliphatic rings. The molecule has 0 aromatic heterocycles. The standard InChI is InChI=1S/C9H18N4O4S/c1-18(15,16)17-8-4-6-11-9(14)5-2-3-7-12-13-10/h2-8H2,1H3,(H,11,14). The fraction of sp³-hybridized carbons (Fsp3) is 0.889. The van der Waals surface area contributed by atoms with Crippen LogP contribution in [0.1, 0.15) is 25.7 Å². The van der Waals surface area contributed by atoms with Crippen LogP contribution in [-0.4, -0.2) is 40.3 Å². The van der Waals surface area contributed by atoms with Gasteiger partial charge in [0.15, 0.2) is 0 Å². The number of nitrogens with zero attached hydrogens (tertiary/aromatic N) is 3. The normalized spacial score (nSPS) is 10.7. The Labute approximate surface area is 106 Å². The van der Waals surface area contributed by atoms with E-state index in [0.29, 0.717) is 38.8 Å². The molecule has 0 fully saturated rings. The van der Waals surface area contributed by atoms with Gasteiger partial charge in [0.2, 0.25) is 5.91 Å². The highest BCUT2D eigenvalue weighted by molar-refractivity contribution is 7.85. The summed E-state index contributed by atoms with van der Waals surface area (Å²) in [6.07, 6.45) is 3.13. The van der Waals surface area contributed by atoms with Gasteiger partial charge < -0.3 is 5.32 Å². The Kier molecular flexibility index (Phi) is 8.99. The van der Waals surface area contributed by atoms with E-state index in [4.69, 9.17) is 5.53 Å². The van der Waals surface area contributed by atoms with Crippen LogP contribution in [0.4, 0.5) is 0 Å². The first-order chi connectivity index (χ1) is 8.45. The molecule has 0 saturated heterocycles. The molecule has 0 atom stereocenters. The van der Waals surface area contributed by atoms with Gasteiger partial charge in [0, 0.05) is 24.4 Å². The van der Waals surface area contributed by atoms with Gasteiger partial charge in [0.05, 0.1) is 12.9 Å². The second-order valence-corrected chi connectivity index (χ2v) is 5.29. The Bertz CT molecular complexity index is 389. The van der Waals surface area contributed by atoms with E-state index in [1.165, 1.54) is 0 Å². The van der Waals surface area contributed by atoms with Crippen molar-refractivity contribution in [3.05, 3.63) is 10.4 Å². The average Bonchev–Trinajstić information content (AvgIpc) is 2.27. The summed E-state index contributed by atoms with van der Waals surface area (Å²) >= 11 is 0. The van der Waals surface area contributed by atoms with Crippen molar-refractivity contribution in [3.63, 3.8) is 0 Å². The number of hydrogen-bond acceptors (Lipinski definition) is 5. The topological polar surface area (TPSA) is 121 Å². The minimum absolute atomic E-state index is 0.0655. The molecule has 0 aromatic carbocycles. The highest BCUT2D eigenvalue weighted by Crippen LogP contribution is 1.96. The van der Waals surface area contributed by atoms with Crippen molar-refractivity contribution >= 4 is 16.0 Å². The number of hydrogen-bond donors (Lipinski definition) is 1. The summed E-state index contributed by atoms with van der Waals surface area (Å²) in [6, 6.07) is 0. The van der Waals surface area contributed by atoms with Crippen molar-refractivity contribution in [2.45, 2.75) is 25.7 Å². The Balaban J connectivity index is 3.40. The van der Waals surface area contributed by atoms with Crippen molar-refractivity contribution in [2.75, 3.05) is 26.0 Å². The molecule has 0 heterocycles. The number of azide groups is 1. The first kappa shape index (κ1) is 16.7. The van der Waals surface area contributed by atoms with Crippen molar-refractivity contribution in [1.29, 1.82) is 0 Å². The van der Waals surface area contributed by atoms with Crippen LogP contribution in [0.15, 0.2) is 5.11 Å². The molecule has 104 valence electrons. The van der Waals surface area contributed by atoms with Crippen LogP contribution in [0.2, 0.25) is 0 Å².